The van der Waals surface area contributed by atoms with E-state index in [9.17, 15) is 5.11 Å². The molecule has 0 aromatic heterocycles. The Labute approximate surface area is 108 Å². The first kappa shape index (κ1) is 16.9. The van der Waals surface area contributed by atoms with Crippen LogP contribution in [0, 0.1) is 0 Å². The molecule has 1 saturated heterocycles. The Morgan fingerprint density at radius 3 is 1.65 bits per heavy atom. The van der Waals surface area contributed by atoms with Crippen molar-refractivity contribution < 1.29 is 5.11 Å². The Morgan fingerprint density at radius 2 is 1.41 bits per heavy atom. The van der Waals surface area contributed by atoms with Crippen LogP contribution in [0.5, 0.6) is 0 Å². The first-order chi connectivity index (χ1) is 7.65. The third-order valence-corrected chi connectivity index (χ3v) is 3.64. The third-order valence-electron chi connectivity index (χ3n) is 3.64. The number of nitrogens with zero attached hydrogens (tertiary/aromatic N) is 2. The lowest BCUT2D eigenvalue weighted by atomic mass is 9.93. The minimum atomic E-state index is -0.397. The third kappa shape index (κ3) is 7.74. The van der Waals surface area contributed by atoms with E-state index in [0.29, 0.717) is 12.1 Å². The lowest BCUT2D eigenvalue weighted by Crippen LogP contribution is -2.45. The molecule has 0 atom stereocenters. The molecule has 0 unspecified atom stereocenters. The summed E-state index contributed by atoms with van der Waals surface area (Å²) in [6.45, 7) is 12.8. The fraction of sp³-hybridized carbons (Fsp3) is 1.00. The van der Waals surface area contributed by atoms with Crippen LogP contribution in [0.3, 0.4) is 0 Å². The molecule has 0 radical (unpaired) electrons. The number of piperidine rings is 1. The first-order valence-corrected chi connectivity index (χ1v) is 6.78. The predicted octanol–water partition coefficient (Wildman–Crippen LogP) is 2.20. The molecule has 0 amide bonds. The summed E-state index contributed by atoms with van der Waals surface area (Å²) in [7, 11) is 4.15. The Bertz CT molecular complexity index is 184. The second kappa shape index (κ2) is 7.34. The van der Waals surface area contributed by atoms with Gasteiger partial charge in [-0.15, -0.1) is 0 Å². The van der Waals surface area contributed by atoms with Gasteiger partial charge in [-0.1, -0.05) is 0 Å². The molecular weight excluding hydrogens is 212 g/mol. The Balaban J connectivity index is 0.000000366. The summed E-state index contributed by atoms with van der Waals surface area (Å²) in [6.07, 6.45) is 1.84. The van der Waals surface area contributed by atoms with Crippen LogP contribution in [0.4, 0.5) is 0 Å². The molecule has 1 heterocycles. The highest BCUT2D eigenvalue weighted by atomic mass is 16.3. The van der Waals surface area contributed by atoms with E-state index in [0.717, 1.165) is 25.9 Å². The van der Waals surface area contributed by atoms with Crippen molar-refractivity contribution >= 4 is 0 Å². The minimum absolute atomic E-state index is 0.397. The monoisotopic (exact) mass is 244 g/mol. The highest BCUT2D eigenvalue weighted by Crippen LogP contribution is 2.21. The fourth-order valence-corrected chi connectivity index (χ4v) is 1.52. The lowest BCUT2D eigenvalue weighted by molar-refractivity contribution is -0.0126. The zero-order valence-corrected chi connectivity index (χ0v) is 12.8. The van der Waals surface area contributed by atoms with Gasteiger partial charge in [0.05, 0.1) is 5.60 Å². The minimum Gasteiger partial charge on any atom is -0.390 e. The quantitative estimate of drug-likeness (QED) is 0.807. The molecule has 0 aromatic rings. The summed E-state index contributed by atoms with van der Waals surface area (Å²) in [4.78, 5) is 4.58. The van der Waals surface area contributed by atoms with E-state index in [-0.39, 0.29) is 0 Å². The van der Waals surface area contributed by atoms with Crippen molar-refractivity contribution in [3.05, 3.63) is 0 Å². The molecule has 0 aromatic carbocycles. The summed E-state index contributed by atoms with van der Waals surface area (Å²) < 4.78 is 0. The molecule has 1 N–H and O–H groups in total. The molecule has 17 heavy (non-hydrogen) atoms. The second-order valence-electron chi connectivity index (χ2n) is 6.18. The van der Waals surface area contributed by atoms with Crippen LogP contribution >= 0.6 is 0 Å². The Morgan fingerprint density at radius 1 is 1.06 bits per heavy atom. The lowest BCUT2D eigenvalue weighted by Gasteiger charge is -2.37. The fourth-order valence-electron chi connectivity index (χ4n) is 1.52. The highest BCUT2D eigenvalue weighted by molar-refractivity contribution is 4.82. The maximum Gasteiger partial charge on any atom is 0.0644 e. The molecule has 0 saturated carbocycles. The maximum atomic E-state index is 9.65. The topological polar surface area (TPSA) is 26.7 Å². The summed E-state index contributed by atoms with van der Waals surface area (Å²) in [5, 5.41) is 9.65. The van der Waals surface area contributed by atoms with Gasteiger partial charge in [0.15, 0.2) is 0 Å². The van der Waals surface area contributed by atoms with Crippen LogP contribution in [0.15, 0.2) is 0 Å². The van der Waals surface area contributed by atoms with Gasteiger partial charge in [-0.2, -0.15) is 0 Å². The normalized spacial score (nSPS) is 20.6. The summed E-state index contributed by atoms with van der Waals surface area (Å²) in [5.41, 5.74) is -0.397. The number of hydrogen-bond donors (Lipinski definition) is 1. The van der Waals surface area contributed by atoms with E-state index in [2.05, 4.69) is 51.6 Å². The first-order valence-electron chi connectivity index (χ1n) is 6.78. The van der Waals surface area contributed by atoms with Crippen molar-refractivity contribution in [1.82, 2.24) is 9.80 Å². The summed E-state index contributed by atoms with van der Waals surface area (Å²) in [5.74, 6) is 0. The van der Waals surface area contributed by atoms with E-state index in [1.165, 1.54) is 0 Å². The molecule has 3 nitrogen and oxygen atoms in total. The predicted molar refractivity (Wildman–Crippen MR) is 75.4 cm³/mol. The van der Waals surface area contributed by atoms with Gasteiger partial charge in [0.2, 0.25) is 0 Å². The Kier molecular flexibility index (Phi) is 7.29. The van der Waals surface area contributed by atoms with Crippen LogP contribution in [0.25, 0.3) is 0 Å². The van der Waals surface area contributed by atoms with Crippen molar-refractivity contribution in [2.45, 2.75) is 65.1 Å². The van der Waals surface area contributed by atoms with Gasteiger partial charge in [0.1, 0.15) is 0 Å². The van der Waals surface area contributed by atoms with E-state index >= 15 is 0 Å². The van der Waals surface area contributed by atoms with Crippen LogP contribution in [-0.2, 0) is 0 Å². The average molecular weight is 244 g/mol. The largest absolute Gasteiger partial charge is 0.390 e. The van der Waals surface area contributed by atoms with E-state index in [1.807, 2.05) is 6.92 Å². The van der Waals surface area contributed by atoms with Crippen LogP contribution in [0.2, 0.25) is 0 Å². The molecule has 0 spiro atoms. The smallest absolute Gasteiger partial charge is 0.0644 e. The van der Waals surface area contributed by atoms with Gasteiger partial charge in [-0.25, -0.2) is 0 Å². The van der Waals surface area contributed by atoms with Crippen LogP contribution < -0.4 is 0 Å². The molecule has 3 heteroatoms. The summed E-state index contributed by atoms with van der Waals surface area (Å²) in [6, 6.07) is 1.32. The molecule has 0 aliphatic carbocycles. The Hall–Kier alpha value is -0.120. The van der Waals surface area contributed by atoms with Gasteiger partial charge in [-0.3, -0.25) is 0 Å². The standard InChI is InChI=1S/C9H19NO.C5H13N/c1-8(2)10-6-4-9(3,11)5-7-10;1-5(2)6(3)4/h8,11H,4-7H2,1-3H3;5H,1-4H3. The van der Waals surface area contributed by atoms with Crippen molar-refractivity contribution in [3.63, 3.8) is 0 Å². The highest BCUT2D eigenvalue weighted by Gasteiger charge is 2.27. The van der Waals surface area contributed by atoms with Crippen molar-refractivity contribution in [2.24, 2.45) is 0 Å². The van der Waals surface area contributed by atoms with E-state index in [1.54, 1.807) is 0 Å². The number of likely N-dealkylation sites (tertiary alicyclic amines) is 1. The van der Waals surface area contributed by atoms with Crippen LogP contribution in [-0.4, -0.2) is 59.8 Å². The van der Waals surface area contributed by atoms with Gasteiger partial charge in [0.25, 0.3) is 0 Å². The summed E-state index contributed by atoms with van der Waals surface area (Å²) >= 11 is 0. The van der Waals surface area contributed by atoms with E-state index < -0.39 is 5.60 Å². The zero-order chi connectivity index (χ0) is 13.6. The number of hydrogen-bond acceptors (Lipinski definition) is 3. The molecule has 1 fully saturated rings. The molecule has 1 aliphatic rings. The number of aliphatic hydroxyl groups is 1. The second-order valence-corrected chi connectivity index (χ2v) is 6.18. The van der Waals surface area contributed by atoms with Gasteiger partial charge in [-0.05, 0) is 61.6 Å². The average Bonchev–Trinajstić information content (AvgIpc) is 2.17. The molecule has 0 bridgehead atoms. The number of rotatable bonds is 2. The van der Waals surface area contributed by atoms with Crippen molar-refractivity contribution in [1.29, 1.82) is 0 Å². The van der Waals surface area contributed by atoms with Crippen LogP contribution in [0.1, 0.15) is 47.5 Å². The molecule has 104 valence electrons. The maximum absolute atomic E-state index is 9.65. The zero-order valence-electron chi connectivity index (χ0n) is 12.8. The molecule has 1 rings (SSSR count). The molecule has 1 aliphatic heterocycles. The molecular formula is C14H32N2O. The van der Waals surface area contributed by atoms with Gasteiger partial charge in [0, 0.05) is 25.2 Å². The SMILES string of the molecule is CC(C)N(C)C.CC(C)N1CCC(C)(O)CC1. The van der Waals surface area contributed by atoms with Gasteiger partial charge >= 0.3 is 0 Å². The van der Waals surface area contributed by atoms with E-state index in [4.69, 9.17) is 0 Å². The van der Waals surface area contributed by atoms with Gasteiger partial charge < -0.3 is 14.9 Å². The van der Waals surface area contributed by atoms with Crippen molar-refractivity contribution in [2.75, 3.05) is 27.2 Å². The van der Waals surface area contributed by atoms with Crippen molar-refractivity contribution in [3.8, 4) is 0 Å².